The molecule has 0 spiro atoms. The molecule has 2 N–H and O–H groups in total. The van der Waals surface area contributed by atoms with Crippen molar-refractivity contribution in [2.45, 2.75) is 63.4 Å². The monoisotopic (exact) mass is 264 g/mol. The van der Waals surface area contributed by atoms with Gasteiger partial charge in [0.2, 0.25) is 5.79 Å². The second-order valence-electron chi connectivity index (χ2n) is 4.94. The van der Waals surface area contributed by atoms with Gasteiger partial charge in [0.05, 0.1) is 6.61 Å². The molecule has 6 heteroatoms. The third-order valence-electron chi connectivity index (χ3n) is 3.55. The lowest BCUT2D eigenvalue weighted by molar-refractivity contribution is -0.414. The molecule has 0 heterocycles. The standard InChI is InChI=1S/C12H24O6/c1-11(15-2,17-13)7-6-10-16-12(18-14)8-4-3-5-9-12/h13-14H,3-10H2,1-2H3. The number of rotatable bonds is 8. The lowest BCUT2D eigenvalue weighted by Crippen LogP contribution is -2.38. The maximum absolute atomic E-state index is 8.98. The summed E-state index contributed by atoms with van der Waals surface area (Å²) >= 11 is 0. The fourth-order valence-corrected chi connectivity index (χ4v) is 2.19. The highest BCUT2D eigenvalue weighted by atomic mass is 17.1. The van der Waals surface area contributed by atoms with Crippen LogP contribution in [0.4, 0.5) is 0 Å². The van der Waals surface area contributed by atoms with Gasteiger partial charge in [-0.1, -0.05) is 6.42 Å². The summed E-state index contributed by atoms with van der Waals surface area (Å²) in [5, 5.41) is 17.7. The molecule has 1 saturated carbocycles. The van der Waals surface area contributed by atoms with E-state index in [1.54, 1.807) is 6.92 Å². The van der Waals surface area contributed by atoms with Crippen LogP contribution in [0, 0.1) is 0 Å². The van der Waals surface area contributed by atoms with Crippen LogP contribution in [-0.2, 0) is 19.2 Å². The molecule has 1 aliphatic carbocycles. The zero-order valence-electron chi connectivity index (χ0n) is 11.2. The van der Waals surface area contributed by atoms with Crippen molar-refractivity contribution >= 4 is 0 Å². The Morgan fingerprint density at radius 1 is 1.17 bits per heavy atom. The van der Waals surface area contributed by atoms with Gasteiger partial charge in [0.1, 0.15) is 0 Å². The summed E-state index contributed by atoms with van der Waals surface area (Å²) in [7, 11) is 1.47. The maximum atomic E-state index is 8.98. The summed E-state index contributed by atoms with van der Waals surface area (Å²) in [5.74, 6) is -1.86. The van der Waals surface area contributed by atoms with Gasteiger partial charge < -0.3 is 9.47 Å². The molecule has 6 nitrogen and oxygen atoms in total. The van der Waals surface area contributed by atoms with Crippen LogP contribution in [-0.4, -0.2) is 35.8 Å². The Balaban J connectivity index is 2.27. The highest BCUT2D eigenvalue weighted by Gasteiger charge is 2.35. The molecule has 18 heavy (non-hydrogen) atoms. The summed E-state index contributed by atoms with van der Waals surface area (Å²) in [5.41, 5.74) is 0. The van der Waals surface area contributed by atoms with Gasteiger partial charge in [-0.2, -0.15) is 0 Å². The Labute approximate surface area is 108 Å². The molecule has 108 valence electrons. The Morgan fingerprint density at radius 2 is 1.83 bits per heavy atom. The van der Waals surface area contributed by atoms with Crippen molar-refractivity contribution in [3.05, 3.63) is 0 Å². The zero-order valence-corrected chi connectivity index (χ0v) is 11.2. The molecule has 0 aromatic heterocycles. The van der Waals surface area contributed by atoms with Crippen molar-refractivity contribution in [2.75, 3.05) is 13.7 Å². The molecule has 0 radical (unpaired) electrons. The fourth-order valence-electron chi connectivity index (χ4n) is 2.19. The number of hydrogen-bond donors (Lipinski definition) is 2. The first kappa shape index (κ1) is 15.8. The summed E-state index contributed by atoms with van der Waals surface area (Å²) < 4.78 is 10.7. The predicted octanol–water partition coefficient (Wildman–Crippen LogP) is 2.79. The first-order chi connectivity index (χ1) is 8.60. The number of ether oxygens (including phenoxy) is 2. The number of methoxy groups -OCH3 is 1. The Hall–Kier alpha value is -0.240. The molecule has 0 aromatic carbocycles. The molecule has 1 atom stereocenters. The summed E-state index contributed by atoms with van der Waals surface area (Å²) in [4.78, 5) is 8.80. The van der Waals surface area contributed by atoms with Crippen LogP contribution in [0.15, 0.2) is 0 Å². The van der Waals surface area contributed by atoms with Gasteiger partial charge in [0.25, 0.3) is 0 Å². The third kappa shape index (κ3) is 4.46. The topological polar surface area (TPSA) is 77.4 Å². The minimum atomic E-state index is -1.01. The molecule has 0 saturated heterocycles. The smallest absolute Gasteiger partial charge is 0.201 e. The van der Waals surface area contributed by atoms with Gasteiger partial charge in [0, 0.05) is 26.4 Å². The zero-order chi connectivity index (χ0) is 13.5. The van der Waals surface area contributed by atoms with Crippen LogP contribution in [0.1, 0.15) is 51.9 Å². The third-order valence-corrected chi connectivity index (χ3v) is 3.55. The second kappa shape index (κ2) is 7.37. The first-order valence-electron chi connectivity index (χ1n) is 6.44. The van der Waals surface area contributed by atoms with Gasteiger partial charge in [-0.05, 0) is 26.2 Å². The molecule has 0 bridgehead atoms. The van der Waals surface area contributed by atoms with Crippen LogP contribution >= 0.6 is 0 Å². The largest absolute Gasteiger partial charge is 0.351 e. The molecular formula is C12H24O6. The van der Waals surface area contributed by atoms with Crippen molar-refractivity contribution in [2.24, 2.45) is 0 Å². The van der Waals surface area contributed by atoms with Gasteiger partial charge in [-0.3, -0.25) is 0 Å². The molecule has 1 unspecified atom stereocenters. The highest BCUT2D eigenvalue weighted by Crippen LogP contribution is 2.32. The van der Waals surface area contributed by atoms with Crippen LogP contribution in [0.5, 0.6) is 0 Å². The average molecular weight is 264 g/mol. The van der Waals surface area contributed by atoms with Gasteiger partial charge in [0.15, 0.2) is 5.79 Å². The van der Waals surface area contributed by atoms with Crippen molar-refractivity contribution in [3.63, 3.8) is 0 Å². The van der Waals surface area contributed by atoms with E-state index in [0.717, 1.165) is 19.3 Å². The van der Waals surface area contributed by atoms with E-state index in [1.165, 1.54) is 7.11 Å². The minimum Gasteiger partial charge on any atom is -0.351 e. The highest BCUT2D eigenvalue weighted by molar-refractivity contribution is 4.74. The predicted molar refractivity (Wildman–Crippen MR) is 63.8 cm³/mol. The van der Waals surface area contributed by atoms with E-state index < -0.39 is 11.6 Å². The van der Waals surface area contributed by atoms with E-state index in [1.807, 2.05) is 0 Å². The van der Waals surface area contributed by atoms with Gasteiger partial charge in [-0.25, -0.2) is 20.3 Å². The molecule has 0 amide bonds. The molecule has 0 aliphatic heterocycles. The lowest BCUT2D eigenvalue weighted by atomic mass is 9.94. The summed E-state index contributed by atoms with van der Waals surface area (Å²) in [6, 6.07) is 0. The molecule has 0 aromatic rings. The van der Waals surface area contributed by atoms with Crippen LogP contribution in [0.3, 0.4) is 0 Å². The quantitative estimate of drug-likeness (QED) is 0.304. The molecular weight excluding hydrogens is 240 g/mol. The summed E-state index contributed by atoms with van der Waals surface area (Å²) in [6.07, 6.45) is 5.68. The Morgan fingerprint density at radius 3 is 2.33 bits per heavy atom. The van der Waals surface area contributed by atoms with Gasteiger partial charge in [-0.15, -0.1) is 0 Å². The van der Waals surface area contributed by atoms with E-state index in [9.17, 15) is 0 Å². The summed E-state index contributed by atoms with van der Waals surface area (Å²) in [6.45, 7) is 2.06. The average Bonchev–Trinajstić information content (AvgIpc) is 2.44. The first-order valence-corrected chi connectivity index (χ1v) is 6.44. The molecule has 1 aliphatic rings. The van der Waals surface area contributed by atoms with Gasteiger partial charge >= 0.3 is 0 Å². The van der Waals surface area contributed by atoms with E-state index >= 15 is 0 Å². The lowest BCUT2D eigenvalue weighted by Gasteiger charge is -2.34. The van der Waals surface area contributed by atoms with Crippen molar-refractivity contribution < 1.29 is 29.8 Å². The van der Waals surface area contributed by atoms with Crippen LogP contribution in [0.25, 0.3) is 0 Å². The maximum Gasteiger partial charge on any atom is 0.201 e. The second-order valence-corrected chi connectivity index (χ2v) is 4.94. The molecule has 1 rings (SSSR count). The van der Waals surface area contributed by atoms with E-state index in [2.05, 4.69) is 9.78 Å². The molecule has 1 fully saturated rings. The van der Waals surface area contributed by atoms with Crippen molar-refractivity contribution in [1.82, 2.24) is 0 Å². The van der Waals surface area contributed by atoms with E-state index in [0.29, 0.717) is 32.3 Å². The van der Waals surface area contributed by atoms with Crippen LogP contribution < -0.4 is 0 Å². The van der Waals surface area contributed by atoms with E-state index in [4.69, 9.17) is 20.0 Å². The van der Waals surface area contributed by atoms with Crippen LogP contribution in [0.2, 0.25) is 0 Å². The van der Waals surface area contributed by atoms with E-state index in [-0.39, 0.29) is 0 Å². The van der Waals surface area contributed by atoms with Crippen molar-refractivity contribution in [1.29, 1.82) is 0 Å². The Kier molecular flexibility index (Phi) is 6.48. The Bertz CT molecular complexity index is 223. The SMILES string of the molecule is COC(C)(CCCOC1(OO)CCCCC1)OO. The normalized spacial score (nSPS) is 22.7. The number of hydrogen-bond acceptors (Lipinski definition) is 6. The minimum absolute atomic E-state index is 0.420. The van der Waals surface area contributed by atoms with Crippen molar-refractivity contribution in [3.8, 4) is 0 Å². The fraction of sp³-hybridized carbons (Fsp3) is 1.00.